The van der Waals surface area contributed by atoms with Crippen molar-refractivity contribution in [2.75, 3.05) is 5.73 Å². The third kappa shape index (κ3) is 2.07. The highest BCUT2D eigenvalue weighted by Crippen LogP contribution is 2.12. The first-order chi connectivity index (χ1) is 10.0. The van der Waals surface area contributed by atoms with E-state index >= 15 is 0 Å². The maximum absolute atomic E-state index is 12.2. The van der Waals surface area contributed by atoms with E-state index in [-0.39, 0.29) is 4.96 Å². The monoisotopic (exact) mass is 305 g/mol. The fraction of sp³-hybridized carbons (Fsp3) is 0.167. The zero-order valence-corrected chi connectivity index (χ0v) is 11.8. The summed E-state index contributed by atoms with van der Waals surface area (Å²) in [6.45, 7) is 2.67. The van der Waals surface area contributed by atoms with Crippen LogP contribution in [0.3, 0.4) is 0 Å². The third-order valence-corrected chi connectivity index (χ3v) is 3.93. The van der Waals surface area contributed by atoms with Gasteiger partial charge in [0, 0.05) is 18.3 Å². The van der Waals surface area contributed by atoms with E-state index in [9.17, 15) is 14.7 Å². The highest BCUT2D eigenvalue weighted by atomic mass is 32.1. The second kappa shape index (κ2) is 4.70. The molecule has 0 amide bonds. The Morgan fingerprint density at radius 2 is 2.19 bits per heavy atom. The zero-order chi connectivity index (χ0) is 15.1. The van der Waals surface area contributed by atoms with E-state index in [1.807, 2.05) is 6.92 Å². The number of hydrogen-bond acceptors (Lipinski definition) is 7. The smallest absolute Gasteiger partial charge is 0.288 e. The fourth-order valence-corrected chi connectivity index (χ4v) is 2.83. The number of hydrogen-bond donors (Lipinski definition) is 2. The summed E-state index contributed by atoms with van der Waals surface area (Å²) in [4.78, 5) is 28.0. The van der Waals surface area contributed by atoms with Crippen molar-refractivity contribution in [3.8, 4) is 5.88 Å². The second-order valence-electron chi connectivity index (χ2n) is 4.32. The summed E-state index contributed by atoms with van der Waals surface area (Å²) in [5.74, 6) is -0.563. The van der Waals surface area contributed by atoms with Crippen LogP contribution in [-0.2, 0) is 6.54 Å². The van der Waals surface area contributed by atoms with Gasteiger partial charge in [-0.1, -0.05) is 11.3 Å². The predicted octanol–water partition coefficient (Wildman–Crippen LogP) is -0.832. The van der Waals surface area contributed by atoms with Gasteiger partial charge in [0.15, 0.2) is 5.69 Å². The molecule has 3 N–H and O–H groups in total. The minimum Gasteiger partial charge on any atom is -0.492 e. The quantitative estimate of drug-likeness (QED) is 0.638. The first-order valence-electron chi connectivity index (χ1n) is 6.09. The van der Waals surface area contributed by atoms with Gasteiger partial charge >= 0.3 is 0 Å². The Kier molecular flexibility index (Phi) is 2.98. The van der Waals surface area contributed by atoms with Crippen LogP contribution in [0.2, 0.25) is 0 Å². The average Bonchev–Trinajstić information content (AvgIpc) is 3.02. The lowest BCUT2D eigenvalue weighted by Gasteiger charge is -1.95. The Morgan fingerprint density at radius 3 is 2.86 bits per heavy atom. The summed E-state index contributed by atoms with van der Waals surface area (Å²) in [6, 6.07) is 0. The van der Waals surface area contributed by atoms with Crippen molar-refractivity contribution in [1.29, 1.82) is 0 Å². The maximum Gasteiger partial charge on any atom is 0.288 e. The number of aromatic hydroxyl groups is 1. The van der Waals surface area contributed by atoms with E-state index in [4.69, 9.17) is 5.73 Å². The predicted molar refractivity (Wildman–Crippen MR) is 78.4 cm³/mol. The molecule has 0 saturated heterocycles. The standard InChI is InChI=1S/C12H11N5O3S/c1-2-16-5-6(4-14-16)3-7-10(19)17-11(20)8(13)9(18)15-12(17)21-7/h3-5,18H,2,13H2,1H3/b7-3-. The third-order valence-electron chi connectivity index (χ3n) is 2.96. The topological polar surface area (TPSA) is 116 Å². The van der Waals surface area contributed by atoms with Gasteiger partial charge < -0.3 is 10.8 Å². The molecule has 108 valence electrons. The lowest BCUT2D eigenvalue weighted by atomic mass is 10.3. The number of fused-ring (bicyclic) bond motifs is 1. The van der Waals surface area contributed by atoms with Gasteiger partial charge in [-0.25, -0.2) is 4.40 Å². The molecule has 3 heterocycles. The van der Waals surface area contributed by atoms with Crippen molar-refractivity contribution >= 4 is 28.1 Å². The molecule has 3 aromatic heterocycles. The van der Waals surface area contributed by atoms with Gasteiger partial charge in [-0.3, -0.25) is 14.3 Å². The van der Waals surface area contributed by atoms with Crippen LogP contribution < -0.4 is 21.4 Å². The van der Waals surface area contributed by atoms with E-state index < -0.39 is 22.7 Å². The van der Waals surface area contributed by atoms with E-state index in [0.29, 0.717) is 4.53 Å². The Balaban J connectivity index is 2.30. The fourth-order valence-electron chi connectivity index (χ4n) is 1.87. The van der Waals surface area contributed by atoms with Gasteiger partial charge in [-0.15, -0.1) is 0 Å². The number of aromatic nitrogens is 4. The normalized spacial score (nSPS) is 12.3. The number of rotatable bonds is 2. The van der Waals surface area contributed by atoms with Gasteiger partial charge in [0.05, 0.1) is 10.7 Å². The van der Waals surface area contributed by atoms with Crippen molar-refractivity contribution < 1.29 is 5.11 Å². The molecule has 0 spiro atoms. The van der Waals surface area contributed by atoms with E-state index in [2.05, 4.69) is 10.1 Å². The lowest BCUT2D eigenvalue weighted by Crippen LogP contribution is -2.32. The molecule has 0 atom stereocenters. The zero-order valence-electron chi connectivity index (χ0n) is 11.0. The molecule has 0 bridgehead atoms. The number of thiazole rings is 1. The Labute approximate surface area is 121 Å². The van der Waals surface area contributed by atoms with Crippen molar-refractivity contribution in [3.63, 3.8) is 0 Å². The van der Waals surface area contributed by atoms with Gasteiger partial charge in [0.25, 0.3) is 11.1 Å². The van der Waals surface area contributed by atoms with Crippen molar-refractivity contribution in [2.45, 2.75) is 13.5 Å². The molecule has 0 aliphatic rings. The van der Waals surface area contributed by atoms with Gasteiger partial charge in [0.2, 0.25) is 10.8 Å². The van der Waals surface area contributed by atoms with Gasteiger partial charge in [-0.05, 0) is 13.0 Å². The summed E-state index contributed by atoms with van der Waals surface area (Å²) in [7, 11) is 0. The molecule has 21 heavy (non-hydrogen) atoms. The van der Waals surface area contributed by atoms with E-state index in [1.54, 1.807) is 23.2 Å². The maximum atomic E-state index is 12.2. The molecular formula is C12H11N5O3S. The number of nitrogen functional groups attached to an aromatic ring is 1. The highest BCUT2D eigenvalue weighted by Gasteiger charge is 2.13. The Hall–Kier alpha value is -2.68. The Morgan fingerprint density at radius 1 is 1.43 bits per heavy atom. The van der Waals surface area contributed by atoms with Crippen LogP contribution in [0.1, 0.15) is 12.5 Å². The largest absolute Gasteiger partial charge is 0.492 e. The van der Waals surface area contributed by atoms with Crippen molar-refractivity contribution in [1.82, 2.24) is 19.2 Å². The summed E-state index contributed by atoms with van der Waals surface area (Å²) < 4.78 is 2.90. The average molecular weight is 305 g/mol. The van der Waals surface area contributed by atoms with Crippen LogP contribution >= 0.6 is 11.3 Å². The van der Waals surface area contributed by atoms with Crippen molar-refractivity contribution in [2.24, 2.45) is 0 Å². The van der Waals surface area contributed by atoms with Crippen LogP contribution in [0, 0.1) is 0 Å². The molecule has 3 aromatic rings. The molecule has 9 heteroatoms. The van der Waals surface area contributed by atoms with Gasteiger partial charge in [-0.2, -0.15) is 10.1 Å². The van der Waals surface area contributed by atoms with E-state index in [1.165, 1.54) is 0 Å². The number of anilines is 1. The SMILES string of the molecule is CCn1cc(/C=c2\sc3nc(O)c(N)c(=O)n3c2=O)cn1. The summed E-state index contributed by atoms with van der Waals surface area (Å²) in [5.41, 5.74) is 4.43. The lowest BCUT2D eigenvalue weighted by molar-refractivity contribution is 0.456. The first kappa shape index (κ1) is 13.3. The van der Waals surface area contributed by atoms with Crippen molar-refractivity contribution in [3.05, 3.63) is 43.2 Å². The number of nitrogens with two attached hydrogens (primary N) is 1. The van der Waals surface area contributed by atoms with Gasteiger partial charge in [0.1, 0.15) is 0 Å². The molecule has 3 rings (SSSR count). The Bertz CT molecular complexity index is 1000. The number of nitrogens with zero attached hydrogens (tertiary/aromatic N) is 4. The summed E-state index contributed by atoms with van der Waals surface area (Å²) in [6.07, 6.45) is 5.02. The van der Waals surface area contributed by atoms with Crippen LogP contribution in [0.4, 0.5) is 5.69 Å². The second-order valence-corrected chi connectivity index (χ2v) is 5.33. The molecule has 0 radical (unpaired) electrons. The van der Waals surface area contributed by atoms with Crippen LogP contribution in [0.15, 0.2) is 22.0 Å². The molecular weight excluding hydrogens is 294 g/mol. The van der Waals surface area contributed by atoms with E-state index in [0.717, 1.165) is 27.8 Å². The molecule has 0 unspecified atom stereocenters. The molecule has 0 aliphatic carbocycles. The molecule has 0 fully saturated rings. The molecule has 0 aromatic carbocycles. The van der Waals surface area contributed by atoms with Crippen LogP contribution in [0.25, 0.3) is 11.0 Å². The summed E-state index contributed by atoms with van der Waals surface area (Å²) in [5, 5.41) is 13.6. The first-order valence-corrected chi connectivity index (χ1v) is 6.91. The molecule has 0 saturated carbocycles. The number of aryl methyl sites for hydroxylation is 1. The molecule has 8 nitrogen and oxygen atoms in total. The minimum absolute atomic E-state index is 0.103. The van der Waals surface area contributed by atoms with Crippen LogP contribution in [0.5, 0.6) is 5.88 Å². The summed E-state index contributed by atoms with van der Waals surface area (Å²) >= 11 is 1.00. The molecule has 0 aliphatic heterocycles. The highest BCUT2D eigenvalue weighted by molar-refractivity contribution is 7.15. The van der Waals surface area contributed by atoms with Crippen LogP contribution in [-0.4, -0.2) is 24.3 Å². The minimum atomic E-state index is -0.761.